The minimum Gasteiger partial charge on any atom is -0.463 e. The molecule has 18 nitrogen and oxygen atoms in total. The molecule has 18 heteroatoms. The van der Waals surface area contributed by atoms with Crippen molar-refractivity contribution in [2.24, 2.45) is 0 Å². The van der Waals surface area contributed by atoms with E-state index in [1.54, 1.807) is 12.2 Å². The first-order valence-electron chi connectivity index (χ1n) is 15.6. The highest BCUT2D eigenvalue weighted by Crippen LogP contribution is 2.33. The monoisotopic (exact) mass is 716 g/mol. The van der Waals surface area contributed by atoms with Gasteiger partial charge in [0.2, 0.25) is 0 Å². The first-order valence-corrected chi connectivity index (χ1v) is 15.6. The van der Waals surface area contributed by atoms with Crippen molar-refractivity contribution in [1.29, 1.82) is 0 Å². The smallest absolute Gasteiger partial charge is 0.303 e. The van der Waals surface area contributed by atoms with E-state index in [4.69, 9.17) is 47.4 Å². The molecular weight excluding hydrogens is 672 g/mol. The summed E-state index contributed by atoms with van der Waals surface area (Å²) in [6, 6.07) is 0. The summed E-state index contributed by atoms with van der Waals surface area (Å²) in [5, 5.41) is 0. The van der Waals surface area contributed by atoms with E-state index in [0.29, 0.717) is 0 Å². The topological polar surface area (TPSA) is 229 Å². The fourth-order valence-electron chi connectivity index (χ4n) is 5.48. The maximum Gasteiger partial charge on any atom is 0.303 e. The van der Waals surface area contributed by atoms with E-state index in [0.717, 1.165) is 55.4 Å². The maximum atomic E-state index is 12.1. The zero-order valence-electron chi connectivity index (χ0n) is 29.1. The van der Waals surface area contributed by atoms with Gasteiger partial charge in [0.1, 0.15) is 37.6 Å². The van der Waals surface area contributed by atoms with E-state index in [1.165, 1.54) is 0 Å². The van der Waals surface area contributed by atoms with Gasteiger partial charge in [0, 0.05) is 55.4 Å². The normalized spacial score (nSPS) is 29.1. The Morgan fingerprint density at radius 1 is 0.380 bits per heavy atom. The molecule has 0 N–H and O–H groups in total. The Hall–Kier alpha value is -4.58. The Labute approximate surface area is 288 Å². The van der Waals surface area contributed by atoms with Crippen molar-refractivity contribution >= 4 is 47.8 Å². The second-order valence-corrected chi connectivity index (χ2v) is 11.4. The van der Waals surface area contributed by atoms with E-state index in [9.17, 15) is 38.4 Å². The van der Waals surface area contributed by atoms with Gasteiger partial charge in [-0.25, -0.2) is 0 Å². The molecule has 0 aromatic heterocycles. The van der Waals surface area contributed by atoms with Crippen molar-refractivity contribution in [3.8, 4) is 0 Å². The highest BCUT2D eigenvalue weighted by Gasteiger charge is 2.53. The van der Waals surface area contributed by atoms with Crippen molar-refractivity contribution in [2.75, 3.05) is 13.2 Å². The van der Waals surface area contributed by atoms with Crippen molar-refractivity contribution < 1.29 is 85.7 Å². The molecule has 2 aliphatic heterocycles. The number of rotatable bonds is 14. The van der Waals surface area contributed by atoms with Crippen LogP contribution in [0.3, 0.4) is 0 Å². The minimum atomic E-state index is -1.35. The molecule has 0 unspecified atom stereocenters. The molecule has 0 radical (unpaired) electrons. The van der Waals surface area contributed by atoms with E-state index < -0.39 is 122 Å². The largest absolute Gasteiger partial charge is 0.463 e. The zero-order chi connectivity index (χ0) is 37.7. The number of hydrogen-bond donors (Lipinski definition) is 0. The van der Waals surface area contributed by atoms with E-state index in [2.05, 4.69) is 0 Å². The van der Waals surface area contributed by atoms with Crippen LogP contribution in [0.15, 0.2) is 12.2 Å². The molecule has 2 rings (SSSR count). The van der Waals surface area contributed by atoms with Crippen molar-refractivity contribution in [3.63, 3.8) is 0 Å². The average Bonchev–Trinajstić information content (AvgIpc) is 2.97. The lowest BCUT2D eigenvalue weighted by atomic mass is 9.91. The Bertz CT molecular complexity index is 1200. The summed E-state index contributed by atoms with van der Waals surface area (Å²) < 4.78 is 55.0. The molecule has 0 bridgehead atoms. The summed E-state index contributed by atoms with van der Waals surface area (Å²) >= 11 is 0. The summed E-state index contributed by atoms with van der Waals surface area (Å²) in [7, 11) is 0. The van der Waals surface area contributed by atoms with Gasteiger partial charge in [-0.2, -0.15) is 0 Å². The Morgan fingerprint density at radius 2 is 0.620 bits per heavy atom. The van der Waals surface area contributed by atoms with Crippen LogP contribution >= 0.6 is 0 Å². The fraction of sp³-hybridized carbons (Fsp3) is 0.688. The molecule has 2 aliphatic rings. The molecule has 0 aromatic carbocycles. The number of ether oxygens (including phenoxy) is 10. The molecule has 2 saturated heterocycles. The molecular formula is C32H44O18. The zero-order valence-corrected chi connectivity index (χ0v) is 29.1. The lowest BCUT2D eigenvalue weighted by Crippen LogP contribution is -2.62. The maximum absolute atomic E-state index is 12.1. The van der Waals surface area contributed by atoms with Crippen LogP contribution in [0.1, 0.15) is 68.2 Å². The van der Waals surface area contributed by atoms with Gasteiger partial charge >= 0.3 is 47.8 Å². The van der Waals surface area contributed by atoms with E-state index in [1.807, 2.05) is 0 Å². The lowest BCUT2D eigenvalue weighted by molar-refractivity contribution is -0.252. The molecule has 2 heterocycles. The number of hydrogen-bond acceptors (Lipinski definition) is 18. The molecule has 2 fully saturated rings. The third kappa shape index (κ3) is 13.4. The van der Waals surface area contributed by atoms with E-state index >= 15 is 0 Å². The predicted molar refractivity (Wildman–Crippen MR) is 162 cm³/mol. The molecule has 280 valence electrons. The summed E-state index contributed by atoms with van der Waals surface area (Å²) in [5.41, 5.74) is 0. The van der Waals surface area contributed by atoms with Gasteiger partial charge in [0.25, 0.3) is 0 Å². The molecule has 50 heavy (non-hydrogen) atoms. The number of carbonyl (C=O) groups excluding carboxylic acids is 8. The van der Waals surface area contributed by atoms with Crippen LogP contribution in [0.4, 0.5) is 0 Å². The average molecular weight is 717 g/mol. The SMILES string of the molecule is CC(=O)OC[C@H]1O[C@@H](C/C=C/C[C@@H]2O[C@H](COC(C)=O)[C@H](OC(C)=O)[C@H](OC(C)=O)[C@H]2OC(C)=O)[C@H](OC(C)=O)[C@@H](OC(C)=O)[C@H]1OC(C)=O. The summed E-state index contributed by atoms with van der Waals surface area (Å²) in [4.78, 5) is 95.6. The highest BCUT2D eigenvalue weighted by molar-refractivity contribution is 5.70. The van der Waals surface area contributed by atoms with Gasteiger partial charge in [0.15, 0.2) is 36.6 Å². The predicted octanol–water partition coefficient (Wildman–Crippen LogP) is 0.574. The second-order valence-electron chi connectivity index (χ2n) is 11.4. The molecule has 0 amide bonds. The first kappa shape index (κ1) is 41.6. The summed E-state index contributed by atoms with van der Waals surface area (Å²) in [6.45, 7) is 8.18. The van der Waals surface area contributed by atoms with Gasteiger partial charge in [-0.05, 0) is 12.8 Å². The van der Waals surface area contributed by atoms with Crippen LogP contribution in [0, 0.1) is 0 Å². The van der Waals surface area contributed by atoms with Crippen LogP contribution in [0.25, 0.3) is 0 Å². The van der Waals surface area contributed by atoms with Gasteiger partial charge in [-0.3, -0.25) is 38.4 Å². The molecule has 0 spiro atoms. The Kier molecular flexibility index (Phi) is 16.3. The summed E-state index contributed by atoms with van der Waals surface area (Å²) in [6.07, 6.45) is -9.18. The first-order chi connectivity index (χ1) is 23.4. The molecule has 0 aromatic rings. The van der Waals surface area contributed by atoms with Crippen LogP contribution in [-0.2, 0) is 85.7 Å². The second kappa shape index (κ2) is 19.6. The van der Waals surface area contributed by atoms with Crippen molar-refractivity contribution in [1.82, 2.24) is 0 Å². The Balaban J connectivity index is 2.45. The van der Waals surface area contributed by atoms with Crippen LogP contribution in [0.5, 0.6) is 0 Å². The third-order valence-corrected chi connectivity index (χ3v) is 7.08. The van der Waals surface area contributed by atoms with Crippen LogP contribution < -0.4 is 0 Å². The third-order valence-electron chi connectivity index (χ3n) is 7.08. The molecule has 0 aliphatic carbocycles. The van der Waals surface area contributed by atoms with Crippen LogP contribution in [-0.4, -0.2) is 122 Å². The van der Waals surface area contributed by atoms with Crippen molar-refractivity contribution in [3.05, 3.63) is 12.2 Å². The molecule has 0 saturated carbocycles. The summed E-state index contributed by atoms with van der Waals surface area (Å²) in [5.74, 6) is -5.96. The highest BCUT2D eigenvalue weighted by atomic mass is 16.7. The fourth-order valence-corrected chi connectivity index (χ4v) is 5.48. The van der Waals surface area contributed by atoms with E-state index in [-0.39, 0.29) is 12.8 Å². The number of carbonyl (C=O) groups is 8. The molecule has 10 atom stereocenters. The van der Waals surface area contributed by atoms with Gasteiger partial charge in [-0.15, -0.1) is 0 Å². The Morgan fingerprint density at radius 3 is 0.860 bits per heavy atom. The number of esters is 8. The minimum absolute atomic E-state index is 0.0235. The van der Waals surface area contributed by atoms with Crippen LogP contribution in [0.2, 0.25) is 0 Å². The van der Waals surface area contributed by atoms with Crippen molar-refractivity contribution in [2.45, 2.75) is 129 Å². The standard InChI is InChI=1S/C32H44O18/c1-15(33)41-13-25-29(45-19(5)37)31(47-21(7)39)27(43-17(3)35)23(49-25)11-9-10-12-24-28(44-18(4)36)32(48-22(8)40)30(46-20(6)38)26(50-24)14-42-16(2)34/h9-10,23-32H,11-14H2,1-8H3/b10-9+/t23-,24-,25+,26+,27-,28-,29-,30-,31+,32+/m0/s1. The van der Waals surface area contributed by atoms with Gasteiger partial charge in [0.05, 0.1) is 0 Å². The van der Waals surface area contributed by atoms with Gasteiger partial charge < -0.3 is 47.4 Å². The lowest BCUT2D eigenvalue weighted by Gasteiger charge is -2.44. The van der Waals surface area contributed by atoms with Gasteiger partial charge in [-0.1, -0.05) is 12.2 Å². The quantitative estimate of drug-likeness (QED) is 0.136.